The highest BCUT2D eigenvalue weighted by molar-refractivity contribution is 6.27. The van der Waals surface area contributed by atoms with Crippen LogP contribution in [0.3, 0.4) is 0 Å². The molecular weight excluding hydrogens is 609 g/mol. The maximum Gasteiger partial charge on any atom is 0.414 e. The van der Waals surface area contributed by atoms with Gasteiger partial charge in [-0.15, -0.1) is 0 Å². The molecule has 0 aliphatic carbocycles. The van der Waals surface area contributed by atoms with E-state index in [4.69, 9.17) is 29.3 Å². The van der Waals surface area contributed by atoms with E-state index in [0.29, 0.717) is 44.6 Å². The highest BCUT2D eigenvalue weighted by Gasteiger charge is 2.34. The summed E-state index contributed by atoms with van der Waals surface area (Å²) in [5.41, 5.74) is 1.88. The summed E-state index contributed by atoms with van der Waals surface area (Å²) < 4.78 is 24.6. The molecule has 2 amide bonds. The summed E-state index contributed by atoms with van der Waals surface area (Å²) >= 11 is 0. The van der Waals surface area contributed by atoms with Crippen LogP contribution in [-0.2, 0) is 32.1 Å². The predicted octanol–water partition coefficient (Wildman–Crippen LogP) is 4.92. The first kappa shape index (κ1) is 37.3. The number of carbonyl (C=O) groups excluding carboxylic acids is 2. The molecule has 12 heteroatoms. The summed E-state index contributed by atoms with van der Waals surface area (Å²) in [6, 6.07) is 14.5. The van der Waals surface area contributed by atoms with E-state index in [1.165, 1.54) is 12.1 Å². The lowest BCUT2D eigenvalue weighted by Crippen LogP contribution is -2.48. The first-order valence-electron chi connectivity index (χ1n) is 16.2. The number of ether oxygens (including phenoxy) is 2. The molecule has 0 bridgehead atoms. The van der Waals surface area contributed by atoms with Crippen LogP contribution in [0.15, 0.2) is 48.5 Å². The molecule has 0 spiro atoms. The van der Waals surface area contributed by atoms with Gasteiger partial charge in [-0.2, -0.15) is 0 Å². The minimum atomic E-state index is -1.82. The lowest BCUT2D eigenvalue weighted by Gasteiger charge is -2.39. The molecule has 2 heterocycles. The number of hydrogen-bond donors (Lipinski definition) is 2. The molecule has 2 aliphatic heterocycles. The molecule has 2 aromatic rings. The topological polar surface area (TPSA) is 137 Å². The second-order valence-electron chi connectivity index (χ2n) is 12.8. The summed E-state index contributed by atoms with van der Waals surface area (Å²) in [5.74, 6) is -2.21. The van der Waals surface area contributed by atoms with Crippen LogP contribution in [0, 0.1) is 17.7 Å². The van der Waals surface area contributed by atoms with Crippen LogP contribution in [0.4, 0.5) is 9.18 Å². The Bertz CT molecular complexity index is 1300. The van der Waals surface area contributed by atoms with Crippen molar-refractivity contribution in [1.29, 1.82) is 0 Å². The van der Waals surface area contributed by atoms with Crippen molar-refractivity contribution in [2.45, 2.75) is 72.0 Å². The van der Waals surface area contributed by atoms with Gasteiger partial charge in [0.15, 0.2) is 0 Å². The van der Waals surface area contributed by atoms with E-state index >= 15 is 0 Å². The van der Waals surface area contributed by atoms with E-state index in [1.54, 1.807) is 12.1 Å². The maximum absolute atomic E-state index is 13.7. The lowest BCUT2D eigenvalue weighted by molar-refractivity contribution is -0.159. The van der Waals surface area contributed by atoms with Gasteiger partial charge in [0.05, 0.1) is 19.1 Å². The molecule has 0 aromatic heterocycles. The normalized spacial score (nSPS) is 16.9. The van der Waals surface area contributed by atoms with E-state index in [-0.39, 0.29) is 29.9 Å². The third kappa shape index (κ3) is 12.2. The average molecular weight is 658 g/mol. The number of hydrogen-bond acceptors (Lipinski definition) is 7. The van der Waals surface area contributed by atoms with Gasteiger partial charge in [0.1, 0.15) is 18.2 Å². The van der Waals surface area contributed by atoms with E-state index in [1.807, 2.05) is 34.1 Å². The minimum absolute atomic E-state index is 0.0795. The van der Waals surface area contributed by atoms with Gasteiger partial charge in [0.2, 0.25) is 5.91 Å². The Labute approximate surface area is 276 Å². The van der Waals surface area contributed by atoms with Gasteiger partial charge in [-0.3, -0.25) is 4.79 Å². The zero-order valence-corrected chi connectivity index (χ0v) is 27.8. The number of carboxylic acids is 2. The molecule has 0 saturated carbocycles. The number of rotatable bonds is 13. The summed E-state index contributed by atoms with van der Waals surface area (Å²) in [5, 5.41) is 14.8. The standard InChI is InChI=1S/C33H46FN3O4.C2H2O4/c1-24(2)22-40-30-12-8-26(9-13-30)20-32(38)37(21-27-6-10-28(34)11-7-27)29-14-18-35(19-15-29)16-5-17-36-31(25(3)4)23-41-33(36)39;3-1(4)2(5)6/h6-13,24-25,29,31H,5,14-23H2,1-4H3;(H,3,4)(H,5,6). The zero-order chi connectivity index (χ0) is 34.5. The summed E-state index contributed by atoms with van der Waals surface area (Å²) in [7, 11) is 0. The fourth-order valence-electron chi connectivity index (χ4n) is 5.64. The molecule has 2 N–H and O–H groups in total. The smallest absolute Gasteiger partial charge is 0.414 e. The van der Waals surface area contributed by atoms with E-state index in [0.717, 1.165) is 55.8 Å². The number of carbonyl (C=O) groups is 4. The largest absolute Gasteiger partial charge is 0.493 e. The molecule has 2 fully saturated rings. The molecule has 2 aromatic carbocycles. The van der Waals surface area contributed by atoms with Crippen molar-refractivity contribution in [3.63, 3.8) is 0 Å². The van der Waals surface area contributed by atoms with Crippen molar-refractivity contribution < 1.29 is 43.3 Å². The van der Waals surface area contributed by atoms with Gasteiger partial charge in [0.25, 0.3) is 0 Å². The van der Waals surface area contributed by atoms with Gasteiger partial charge in [-0.05, 0) is 73.0 Å². The molecule has 47 heavy (non-hydrogen) atoms. The number of nitrogens with zero attached hydrogens (tertiary/aromatic N) is 3. The first-order chi connectivity index (χ1) is 22.3. The van der Waals surface area contributed by atoms with Crippen LogP contribution in [0.5, 0.6) is 5.75 Å². The zero-order valence-electron chi connectivity index (χ0n) is 27.8. The number of benzene rings is 2. The fourth-order valence-corrected chi connectivity index (χ4v) is 5.64. The van der Waals surface area contributed by atoms with E-state index in [9.17, 15) is 14.0 Å². The number of amides is 2. The molecule has 0 radical (unpaired) electrons. The third-order valence-electron chi connectivity index (χ3n) is 8.28. The van der Waals surface area contributed by atoms with E-state index < -0.39 is 11.9 Å². The highest BCUT2D eigenvalue weighted by Crippen LogP contribution is 2.23. The van der Waals surface area contributed by atoms with Gasteiger partial charge in [-0.25, -0.2) is 18.8 Å². The molecule has 1 atom stereocenters. The van der Waals surface area contributed by atoms with Crippen molar-refractivity contribution >= 4 is 23.9 Å². The Hall–Kier alpha value is -4.19. The molecule has 2 aliphatic rings. The second-order valence-corrected chi connectivity index (χ2v) is 12.8. The molecule has 1 unspecified atom stereocenters. The van der Waals surface area contributed by atoms with Gasteiger partial charge < -0.3 is 34.4 Å². The van der Waals surface area contributed by atoms with Gasteiger partial charge >= 0.3 is 18.0 Å². The summed E-state index contributed by atoms with van der Waals surface area (Å²) in [6.45, 7) is 13.5. The number of halogens is 1. The van der Waals surface area contributed by atoms with Gasteiger partial charge in [0, 0.05) is 32.2 Å². The average Bonchev–Trinajstić information content (AvgIpc) is 3.41. The minimum Gasteiger partial charge on any atom is -0.493 e. The van der Waals surface area contributed by atoms with Crippen molar-refractivity contribution in [2.24, 2.45) is 11.8 Å². The van der Waals surface area contributed by atoms with Crippen LogP contribution < -0.4 is 4.74 Å². The quantitative estimate of drug-likeness (QED) is 0.288. The van der Waals surface area contributed by atoms with E-state index in [2.05, 4.69) is 32.6 Å². The number of cyclic esters (lactones) is 1. The van der Waals surface area contributed by atoms with Crippen molar-refractivity contribution in [2.75, 3.05) is 39.4 Å². The Kier molecular flexibility index (Phi) is 14.5. The maximum atomic E-state index is 13.7. The van der Waals surface area contributed by atoms with Crippen LogP contribution in [0.25, 0.3) is 0 Å². The Morgan fingerprint density at radius 2 is 1.53 bits per heavy atom. The van der Waals surface area contributed by atoms with Crippen LogP contribution in [0.1, 0.15) is 58.1 Å². The molecular formula is C35H48FN3O8. The highest BCUT2D eigenvalue weighted by atomic mass is 19.1. The Morgan fingerprint density at radius 1 is 0.936 bits per heavy atom. The van der Waals surface area contributed by atoms with Crippen molar-refractivity contribution in [3.8, 4) is 5.75 Å². The molecule has 11 nitrogen and oxygen atoms in total. The molecule has 258 valence electrons. The van der Waals surface area contributed by atoms with Gasteiger partial charge in [-0.1, -0.05) is 52.0 Å². The number of likely N-dealkylation sites (tertiary alicyclic amines) is 1. The molecule has 4 rings (SSSR count). The monoisotopic (exact) mass is 657 g/mol. The number of piperidine rings is 1. The van der Waals surface area contributed by atoms with Crippen molar-refractivity contribution in [1.82, 2.24) is 14.7 Å². The predicted molar refractivity (Wildman–Crippen MR) is 173 cm³/mol. The second kappa shape index (κ2) is 18.2. The van der Waals surface area contributed by atoms with Crippen LogP contribution in [0.2, 0.25) is 0 Å². The Balaban J connectivity index is 0.000000913. The molecule has 2 saturated heterocycles. The fraction of sp³-hybridized carbons (Fsp3) is 0.543. The first-order valence-corrected chi connectivity index (χ1v) is 16.2. The SMILES string of the molecule is CC(C)COc1ccc(CC(=O)N(Cc2ccc(F)cc2)C2CCN(CCCN3C(=O)OCC3C(C)C)CC2)cc1.O=C(O)C(=O)O. The Morgan fingerprint density at radius 3 is 2.09 bits per heavy atom. The van der Waals surface area contributed by atoms with Crippen molar-refractivity contribution in [3.05, 3.63) is 65.5 Å². The van der Waals surface area contributed by atoms with Crippen LogP contribution in [-0.4, -0.2) is 100 Å². The third-order valence-corrected chi connectivity index (χ3v) is 8.28. The van der Waals surface area contributed by atoms with Crippen LogP contribution >= 0.6 is 0 Å². The summed E-state index contributed by atoms with van der Waals surface area (Å²) in [4.78, 5) is 50.3. The number of aliphatic carboxylic acids is 2. The lowest BCUT2D eigenvalue weighted by atomic mass is 10.00. The summed E-state index contributed by atoms with van der Waals surface area (Å²) in [6.07, 6.45) is 2.78. The number of carboxylic acid groups (broad SMARTS) is 2.